The summed E-state index contributed by atoms with van der Waals surface area (Å²) in [7, 11) is 1.21. The third kappa shape index (κ3) is 5.55. The second-order valence-electron chi connectivity index (χ2n) is 4.15. The lowest BCUT2D eigenvalue weighted by Crippen LogP contribution is -2.41. The summed E-state index contributed by atoms with van der Waals surface area (Å²) in [6, 6.07) is -0.266. The molecule has 110 valence electrons. The Kier molecular flexibility index (Phi) is 6.28. The zero-order valence-electron chi connectivity index (χ0n) is 11.3. The van der Waals surface area contributed by atoms with Gasteiger partial charge < -0.3 is 20.1 Å². The number of nitrogens with one attached hydrogen (secondary N) is 2. The highest BCUT2D eigenvalue weighted by molar-refractivity contribution is 5.91. The smallest absolute Gasteiger partial charge is 0.331 e. The second kappa shape index (κ2) is 7.98. The predicted molar refractivity (Wildman–Crippen MR) is 70.4 cm³/mol. The summed E-state index contributed by atoms with van der Waals surface area (Å²) < 4.78 is 9.10. The molecule has 0 aromatic rings. The monoisotopic (exact) mass is 282 g/mol. The molecule has 0 saturated carbocycles. The number of esters is 2. The van der Waals surface area contributed by atoms with Crippen LogP contribution in [-0.4, -0.2) is 44.1 Å². The zero-order chi connectivity index (χ0) is 15.0. The average Bonchev–Trinajstić information content (AvgIpc) is 2.87. The van der Waals surface area contributed by atoms with Gasteiger partial charge in [0.2, 0.25) is 5.91 Å². The molecule has 2 N–H and O–H groups in total. The third-order valence-corrected chi connectivity index (χ3v) is 2.63. The van der Waals surface area contributed by atoms with E-state index in [2.05, 4.69) is 21.9 Å². The lowest BCUT2D eigenvalue weighted by molar-refractivity contribution is -0.139. The number of carbonyl (C=O) groups is 3. The number of allylic oxidation sites excluding steroid dienone is 1. The van der Waals surface area contributed by atoms with Gasteiger partial charge in [-0.15, -0.1) is 0 Å². The molecule has 0 aliphatic carbocycles. The van der Waals surface area contributed by atoms with Crippen LogP contribution in [0.15, 0.2) is 24.4 Å². The van der Waals surface area contributed by atoms with Crippen molar-refractivity contribution < 1.29 is 23.9 Å². The molecule has 7 heteroatoms. The Morgan fingerprint density at radius 2 is 2.10 bits per heavy atom. The highest BCUT2D eigenvalue weighted by atomic mass is 16.5. The topological polar surface area (TPSA) is 93.7 Å². The fourth-order valence-electron chi connectivity index (χ4n) is 1.61. The van der Waals surface area contributed by atoms with Crippen molar-refractivity contribution in [1.82, 2.24) is 10.6 Å². The van der Waals surface area contributed by atoms with E-state index in [0.29, 0.717) is 6.42 Å². The predicted octanol–water partition coefficient (Wildman–Crippen LogP) is -0.359. The maximum atomic E-state index is 11.7. The van der Waals surface area contributed by atoms with Crippen LogP contribution in [0.2, 0.25) is 0 Å². The van der Waals surface area contributed by atoms with Gasteiger partial charge in [-0.05, 0) is 12.8 Å². The zero-order valence-corrected chi connectivity index (χ0v) is 11.3. The molecule has 1 atom stereocenters. The van der Waals surface area contributed by atoms with Gasteiger partial charge in [0.15, 0.2) is 0 Å². The minimum absolute atomic E-state index is 0.0315. The number of amides is 1. The highest BCUT2D eigenvalue weighted by Gasteiger charge is 2.23. The molecule has 0 radical (unpaired) electrons. The van der Waals surface area contributed by atoms with Crippen LogP contribution in [0.4, 0.5) is 0 Å². The first-order valence-electron chi connectivity index (χ1n) is 6.17. The van der Waals surface area contributed by atoms with E-state index in [4.69, 9.17) is 4.74 Å². The SMILES string of the molecule is C=C1CCC(C(=O)NCCOC(=O)/C=C/C(=O)OC)N1. The van der Waals surface area contributed by atoms with Crippen molar-refractivity contribution in [2.75, 3.05) is 20.3 Å². The molecule has 1 unspecified atom stereocenters. The molecule has 1 heterocycles. The van der Waals surface area contributed by atoms with Crippen molar-refractivity contribution >= 4 is 17.8 Å². The summed E-state index contributed by atoms with van der Waals surface area (Å²) >= 11 is 0. The fraction of sp³-hybridized carbons (Fsp3) is 0.462. The van der Waals surface area contributed by atoms with Crippen LogP contribution >= 0.6 is 0 Å². The van der Waals surface area contributed by atoms with Gasteiger partial charge in [0.1, 0.15) is 12.6 Å². The van der Waals surface area contributed by atoms with E-state index in [1.165, 1.54) is 7.11 Å². The molecule has 1 rings (SSSR count). The standard InChI is InChI=1S/C13H18N2O5/c1-9-3-4-10(15-9)13(18)14-7-8-20-12(17)6-5-11(16)19-2/h5-6,10,15H,1,3-4,7-8H2,2H3,(H,14,18)/b6-5+. The maximum absolute atomic E-state index is 11.7. The third-order valence-electron chi connectivity index (χ3n) is 2.63. The van der Waals surface area contributed by atoms with Crippen LogP contribution in [0.1, 0.15) is 12.8 Å². The van der Waals surface area contributed by atoms with Crippen molar-refractivity contribution in [3.63, 3.8) is 0 Å². The van der Waals surface area contributed by atoms with E-state index < -0.39 is 11.9 Å². The van der Waals surface area contributed by atoms with E-state index in [1.807, 2.05) is 0 Å². The minimum atomic E-state index is -0.669. The lowest BCUT2D eigenvalue weighted by atomic mass is 10.2. The Hall–Kier alpha value is -2.31. The van der Waals surface area contributed by atoms with E-state index in [9.17, 15) is 14.4 Å². The lowest BCUT2D eigenvalue weighted by Gasteiger charge is -2.11. The summed E-state index contributed by atoms with van der Waals surface area (Å²) in [6.45, 7) is 3.98. The normalized spacial score (nSPS) is 17.6. The van der Waals surface area contributed by atoms with Gasteiger partial charge in [-0.3, -0.25) is 4.79 Å². The first-order valence-corrected chi connectivity index (χ1v) is 6.17. The van der Waals surface area contributed by atoms with Crippen molar-refractivity contribution in [2.24, 2.45) is 0 Å². The van der Waals surface area contributed by atoms with Crippen molar-refractivity contribution in [3.8, 4) is 0 Å². The summed E-state index contributed by atoms with van der Waals surface area (Å²) in [5, 5.41) is 5.61. The molecule has 0 aromatic heterocycles. The van der Waals surface area contributed by atoms with Crippen molar-refractivity contribution in [3.05, 3.63) is 24.4 Å². The van der Waals surface area contributed by atoms with E-state index >= 15 is 0 Å². The maximum Gasteiger partial charge on any atom is 0.331 e. The Bertz CT molecular complexity index is 430. The number of ether oxygens (including phenoxy) is 2. The van der Waals surface area contributed by atoms with Gasteiger partial charge in [-0.25, -0.2) is 9.59 Å². The molecule has 1 aliphatic rings. The number of carbonyl (C=O) groups excluding carboxylic acids is 3. The quantitative estimate of drug-likeness (QED) is 0.392. The van der Waals surface area contributed by atoms with Crippen LogP contribution in [0, 0.1) is 0 Å². The summed E-state index contributed by atoms with van der Waals surface area (Å²) in [5.41, 5.74) is 0.851. The minimum Gasteiger partial charge on any atom is -0.466 e. The van der Waals surface area contributed by atoms with Crippen molar-refractivity contribution in [1.29, 1.82) is 0 Å². The first-order chi connectivity index (χ1) is 9.52. The van der Waals surface area contributed by atoms with Crippen LogP contribution < -0.4 is 10.6 Å². The van der Waals surface area contributed by atoms with E-state index in [-0.39, 0.29) is 25.1 Å². The molecule has 7 nitrogen and oxygen atoms in total. The molecule has 0 bridgehead atoms. The van der Waals surface area contributed by atoms with Gasteiger partial charge in [0, 0.05) is 17.8 Å². The molecule has 20 heavy (non-hydrogen) atoms. The van der Waals surface area contributed by atoms with Gasteiger partial charge in [0.05, 0.1) is 13.7 Å². The summed E-state index contributed by atoms with van der Waals surface area (Å²) in [6.07, 6.45) is 3.43. The summed E-state index contributed by atoms with van der Waals surface area (Å²) in [4.78, 5) is 33.5. The first kappa shape index (κ1) is 15.7. The second-order valence-corrected chi connectivity index (χ2v) is 4.15. The van der Waals surface area contributed by atoms with Gasteiger partial charge in [-0.2, -0.15) is 0 Å². The molecular weight excluding hydrogens is 264 g/mol. The largest absolute Gasteiger partial charge is 0.466 e. The highest BCUT2D eigenvalue weighted by Crippen LogP contribution is 2.13. The molecule has 1 fully saturated rings. The number of hydrogen-bond acceptors (Lipinski definition) is 6. The molecule has 1 amide bonds. The van der Waals surface area contributed by atoms with E-state index in [0.717, 1.165) is 24.3 Å². The molecular formula is C13H18N2O5. The van der Waals surface area contributed by atoms with Crippen LogP contribution in [0.25, 0.3) is 0 Å². The molecule has 0 aromatic carbocycles. The fourth-order valence-corrected chi connectivity index (χ4v) is 1.61. The van der Waals surface area contributed by atoms with Gasteiger partial charge >= 0.3 is 11.9 Å². The van der Waals surface area contributed by atoms with E-state index in [1.54, 1.807) is 0 Å². The average molecular weight is 282 g/mol. The Morgan fingerprint density at radius 3 is 2.70 bits per heavy atom. The Balaban J connectivity index is 2.14. The number of hydrogen-bond donors (Lipinski definition) is 2. The molecule has 1 saturated heterocycles. The van der Waals surface area contributed by atoms with Crippen molar-refractivity contribution in [2.45, 2.75) is 18.9 Å². The van der Waals surface area contributed by atoms with Gasteiger partial charge in [0.25, 0.3) is 0 Å². The Labute approximate surface area is 117 Å². The molecule has 0 spiro atoms. The van der Waals surface area contributed by atoms with Crippen LogP contribution in [0.3, 0.4) is 0 Å². The summed E-state index contributed by atoms with van der Waals surface area (Å²) in [5.74, 6) is -1.45. The number of rotatable bonds is 6. The molecule has 1 aliphatic heterocycles. The Morgan fingerprint density at radius 1 is 1.40 bits per heavy atom. The van der Waals surface area contributed by atoms with Crippen LogP contribution in [-0.2, 0) is 23.9 Å². The number of methoxy groups -OCH3 is 1. The van der Waals surface area contributed by atoms with Crippen LogP contribution in [0.5, 0.6) is 0 Å². The van der Waals surface area contributed by atoms with Gasteiger partial charge in [-0.1, -0.05) is 6.58 Å².